The lowest BCUT2D eigenvalue weighted by atomic mass is 10.0. The van der Waals surface area contributed by atoms with Crippen LogP contribution in [0.5, 0.6) is 0 Å². The molecule has 2 N–H and O–H groups in total. The molecule has 2 aromatic rings. The molecule has 4 heteroatoms. The monoisotopic (exact) mass is 249 g/mol. The number of aromatic nitrogens is 2. The van der Waals surface area contributed by atoms with Gasteiger partial charge in [-0.3, -0.25) is 0 Å². The molecule has 0 radical (unpaired) electrons. The number of hydrogen-bond donors (Lipinski definition) is 1. The number of halogens is 1. The van der Waals surface area contributed by atoms with Gasteiger partial charge in [-0.1, -0.05) is 23.7 Å². The van der Waals surface area contributed by atoms with Gasteiger partial charge < -0.3 is 10.3 Å². The van der Waals surface area contributed by atoms with Crippen molar-refractivity contribution in [2.45, 2.75) is 25.9 Å². The van der Waals surface area contributed by atoms with Crippen molar-refractivity contribution in [3.05, 3.63) is 53.1 Å². The SMILES string of the molecule is CC(C)(N)c1cncn1Cc1ccc(Cl)cc1. The van der Waals surface area contributed by atoms with Crippen LogP contribution in [0, 0.1) is 0 Å². The summed E-state index contributed by atoms with van der Waals surface area (Å²) in [7, 11) is 0. The molecule has 0 fully saturated rings. The molecule has 1 aromatic carbocycles. The largest absolute Gasteiger partial charge is 0.328 e. The number of rotatable bonds is 3. The third kappa shape index (κ3) is 2.87. The number of hydrogen-bond acceptors (Lipinski definition) is 2. The third-order valence-electron chi connectivity index (χ3n) is 2.64. The van der Waals surface area contributed by atoms with Crippen LogP contribution in [0.3, 0.4) is 0 Å². The normalized spacial score (nSPS) is 11.8. The van der Waals surface area contributed by atoms with Gasteiger partial charge in [0.05, 0.1) is 17.6 Å². The summed E-state index contributed by atoms with van der Waals surface area (Å²) in [4.78, 5) is 4.16. The van der Waals surface area contributed by atoms with Crippen molar-refractivity contribution >= 4 is 11.6 Å². The van der Waals surface area contributed by atoms with Crippen LogP contribution in [-0.4, -0.2) is 9.55 Å². The van der Waals surface area contributed by atoms with Gasteiger partial charge >= 0.3 is 0 Å². The topological polar surface area (TPSA) is 43.8 Å². The van der Waals surface area contributed by atoms with Gasteiger partial charge in [0.25, 0.3) is 0 Å². The molecule has 1 heterocycles. The van der Waals surface area contributed by atoms with E-state index in [1.165, 1.54) is 5.56 Å². The van der Waals surface area contributed by atoms with Crippen molar-refractivity contribution < 1.29 is 0 Å². The Balaban J connectivity index is 2.25. The Morgan fingerprint density at radius 2 is 1.94 bits per heavy atom. The highest BCUT2D eigenvalue weighted by molar-refractivity contribution is 6.30. The van der Waals surface area contributed by atoms with E-state index in [1.54, 1.807) is 6.33 Å². The molecule has 0 saturated carbocycles. The molecule has 0 aliphatic rings. The van der Waals surface area contributed by atoms with Gasteiger partial charge in [0, 0.05) is 17.8 Å². The maximum atomic E-state index is 6.10. The van der Waals surface area contributed by atoms with Crippen LogP contribution in [0.1, 0.15) is 25.1 Å². The molecule has 1 aromatic heterocycles. The van der Waals surface area contributed by atoms with Gasteiger partial charge in [-0.25, -0.2) is 4.98 Å². The van der Waals surface area contributed by atoms with Crippen molar-refractivity contribution in [3.63, 3.8) is 0 Å². The number of nitrogens with zero attached hydrogens (tertiary/aromatic N) is 2. The van der Waals surface area contributed by atoms with E-state index in [9.17, 15) is 0 Å². The average molecular weight is 250 g/mol. The van der Waals surface area contributed by atoms with Crippen molar-refractivity contribution in [2.75, 3.05) is 0 Å². The number of benzene rings is 1. The van der Waals surface area contributed by atoms with Crippen LogP contribution < -0.4 is 5.73 Å². The minimum atomic E-state index is -0.386. The summed E-state index contributed by atoms with van der Waals surface area (Å²) < 4.78 is 2.06. The van der Waals surface area contributed by atoms with Crippen molar-refractivity contribution in [3.8, 4) is 0 Å². The second-order valence-corrected chi connectivity index (χ2v) is 5.19. The highest BCUT2D eigenvalue weighted by Crippen LogP contribution is 2.18. The quantitative estimate of drug-likeness (QED) is 0.909. The Hall–Kier alpha value is -1.32. The Morgan fingerprint density at radius 3 is 2.53 bits per heavy atom. The lowest BCUT2D eigenvalue weighted by Crippen LogP contribution is -2.31. The van der Waals surface area contributed by atoms with E-state index in [0.717, 1.165) is 17.3 Å². The lowest BCUT2D eigenvalue weighted by molar-refractivity contribution is 0.503. The van der Waals surface area contributed by atoms with E-state index < -0.39 is 0 Å². The Labute approximate surface area is 106 Å². The minimum Gasteiger partial charge on any atom is -0.328 e. The minimum absolute atomic E-state index is 0.386. The molecular weight excluding hydrogens is 234 g/mol. The van der Waals surface area contributed by atoms with E-state index in [4.69, 9.17) is 17.3 Å². The summed E-state index contributed by atoms with van der Waals surface area (Å²) in [5.41, 5.74) is 7.91. The van der Waals surface area contributed by atoms with Crippen molar-refractivity contribution in [2.24, 2.45) is 5.73 Å². The molecule has 0 bridgehead atoms. The molecule has 0 unspecified atom stereocenters. The molecule has 90 valence electrons. The molecular formula is C13H16ClN3. The smallest absolute Gasteiger partial charge is 0.0951 e. The van der Waals surface area contributed by atoms with Crippen molar-refractivity contribution in [1.29, 1.82) is 0 Å². The Kier molecular flexibility index (Phi) is 3.22. The zero-order valence-electron chi connectivity index (χ0n) is 10.0. The second-order valence-electron chi connectivity index (χ2n) is 4.75. The Morgan fingerprint density at radius 1 is 1.29 bits per heavy atom. The summed E-state index contributed by atoms with van der Waals surface area (Å²) in [6.45, 7) is 4.71. The summed E-state index contributed by atoms with van der Waals surface area (Å²) >= 11 is 5.86. The van der Waals surface area contributed by atoms with E-state index in [2.05, 4.69) is 9.55 Å². The molecule has 0 saturated heterocycles. The summed E-state index contributed by atoms with van der Waals surface area (Å²) in [5, 5.41) is 0.749. The van der Waals surface area contributed by atoms with Gasteiger partial charge in [-0.15, -0.1) is 0 Å². The van der Waals surface area contributed by atoms with Crippen LogP contribution in [0.15, 0.2) is 36.8 Å². The van der Waals surface area contributed by atoms with Crippen LogP contribution in [0.4, 0.5) is 0 Å². The second kappa shape index (κ2) is 4.51. The van der Waals surface area contributed by atoms with Gasteiger partial charge in [0.15, 0.2) is 0 Å². The third-order valence-corrected chi connectivity index (χ3v) is 2.89. The van der Waals surface area contributed by atoms with Crippen LogP contribution in [0.25, 0.3) is 0 Å². The van der Waals surface area contributed by atoms with Crippen LogP contribution in [-0.2, 0) is 12.1 Å². The average Bonchev–Trinajstić information content (AvgIpc) is 2.69. The first-order valence-corrected chi connectivity index (χ1v) is 5.88. The predicted octanol–water partition coefficient (Wildman–Crippen LogP) is 2.78. The molecule has 0 aliphatic heterocycles. The van der Waals surface area contributed by atoms with Gasteiger partial charge in [0.2, 0.25) is 0 Å². The standard InChI is InChI=1S/C13H16ClN3/c1-13(2,15)12-7-16-9-17(12)8-10-3-5-11(14)6-4-10/h3-7,9H,8,15H2,1-2H3. The molecule has 0 spiro atoms. The van der Waals surface area contributed by atoms with Gasteiger partial charge in [-0.2, -0.15) is 0 Å². The molecule has 17 heavy (non-hydrogen) atoms. The molecule has 3 nitrogen and oxygen atoms in total. The number of nitrogens with two attached hydrogens (primary N) is 1. The summed E-state index contributed by atoms with van der Waals surface area (Å²) in [6.07, 6.45) is 3.62. The zero-order valence-corrected chi connectivity index (χ0v) is 10.8. The predicted molar refractivity (Wildman–Crippen MR) is 70.0 cm³/mol. The fraction of sp³-hybridized carbons (Fsp3) is 0.308. The first-order valence-electron chi connectivity index (χ1n) is 5.51. The van der Waals surface area contributed by atoms with E-state index in [0.29, 0.717) is 0 Å². The first kappa shape index (κ1) is 12.1. The van der Waals surface area contributed by atoms with Crippen LogP contribution in [0.2, 0.25) is 5.02 Å². The van der Waals surface area contributed by atoms with E-state index >= 15 is 0 Å². The fourth-order valence-electron chi connectivity index (χ4n) is 1.77. The highest BCUT2D eigenvalue weighted by Gasteiger charge is 2.18. The molecule has 0 atom stereocenters. The van der Waals surface area contributed by atoms with E-state index in [-0.39, 0.29) is 5.54 Å². The molecule has 0 aliphatic carbocycles. The number of imidazole rings is 1. The maximum Gasteiger partial charge on any atom is 0.0951 e. The van der Waals surface area contributed by atoms with E-state index in [1.807, 2.05) is 44.3 Å². The van der Waals surface area contributed by atoms with Crippen molar-refractivity contribution in [1.82, 2.24) is 9.55 Å². The molecule has 2 rings (SSSR count). The van der Waals surface area contributed by atoms with Gasteiger partial charge in [-0.05, 0) is 31.5 Å². The Bertz CT molecular complexity index is 494. The first-order chi connectivity index (χ1) is 7.97. The maximum absolute atomic E-state index is 6.10. The van der Waals surface area contributed by atoms with Gasteiger partial charge in [0.1, 0.15) is 0 Å². The van der Waals surface area contributed by atoms with Crippen LogP contribution >= 0.6 is 11.6 Å². The molecule has 0 amide bonds. The summed E-state index contributed by atoms with van der Waals surface area (Å²) in [5.74, 6) is 0. The summed E-state index contributed by atoms with van der Waals surface area (Å²) in [6, 6.07) is 7.80. The fourth-order valence-corrected chi connectivity index (χ4v) is 1.90. The zero-order chi connectivity index (χ0) is 12.5. The highest BCUT2D eigenvalue weighted by atomic mass is 35.5. The lowest BCUT2D eigenvalue weighted by Gasteiger charge is -2.20.